The van der Waals surface area contributed by atoms with Crippen molar-refractivity contribution in [3.05, 3.63) is 0 Å². The van der Waals surface area contributed by atoms with Gasteiger partial charge in [0.25, 0.3) is 5.79 Å². The molecule has 16 heavy (non-hydrogen) atoms. The van der Waals surface area contributed by atoms with Crippen LogP contribution in [0.2, 0.25) is 0 Å². The molecule has 0 bridgehead atoms. The molecule has 0 aliphatic rings. The molecule has 0 N–H and O–H groups in total. The summed E-state index contributed by atoms with van der Waals surface area (Å²) < 4.78 is 10.7. The predicted molar refractivity (Wildman–Crippen MR) is 56.5 cm³/mol. The van der Waals surface area contributed by atoms with Crippen molar-refractivity contribution in [2.75, 3.05) is 0 Å². The summed E-state index contributed by atoms with van der Waals surface area (Å²) in [7, 11) is 0. The average molecular weight is 264 g/mol. The van der Waals surface area contributed by atoms with Gasteiger partial charge in [-0.3, -0.25) is 9.59 Å². The maximum Gasteiger partial charge on any atom is 0.290 e. The molecule has 0 heterocycles. The molecular weight excluding hydrogens is 244 g/mol. The van der Waals surface area contributed by atoms with Gasteiger partial charge in [-0.05, 0) is 27.7 Å². The van der Waals surface area contributed by atoms with E-state index in [9.17, 15) is 9.59 Å². The minimum absolute atomic E-state index is 0. The summed E-state index contributed by atoms with van der Waals surface area (Å²) in [6, 6.07) is 0. The van der Waals surface area contributed by atoms with E-state index in [1.807, 2.05) is 0 Å². The molecule has 0 rings (SSSR count). The van der Waals surface area contributed by atoms with Gasteiger partial charge in [0.2, 0.25) is 0 Å². The van der Waals surface area contributed by atoms with E-state index in [1.165, 1.54) is 13.8 Å². The van der Waals surface area contributed by atoms with E-state index in [2.05, 4.69) is 0 Å². The molecule has 0 spiro atoms. The number of carbonyl (C=O) groups excluding carboxylic acids is 2. The Balaban J connectivity index is 0. The second-order valence-corrected chi connectivity index (χ2v) is 4.06. The fraction of sp³-hybridized carbons (Fsp3) is 0.818. The molecule has 5 heteroatoms. The van der Waals surface area contributed by atoms with Crippen molar-refractivity contribution in [3.63, 3.8) is 0 Å². The molecule has 0 fully saturated rings. The van der Waals surface area contributed by atoms with Crippen LogP contribution in [0.3, 0.4) is 0 Å². The average Bonchev–Trinajstić information content (AvgIpc) is 1.99. The minimum Gasteiger partial charge on any atom is -0.335 e. The second kappa shape index (κ2) is 7.33. The molecule has 0 atom stereocenters. The van der Waals surface area contributed by atoms with E-state index in [0.29, 0.717) is 0 Å². The molecule has 0 saturated carbocycles. The van der Waals surface area contributed by atoms with Crippen LogP contribution in [-0.2, 0) is 40.8 Å². The van der Waals surface area contributed by atoms with Crippen LogP contribution in [0, 0.1) is 0 Å². The van der Waals surface area contributed by atoms with Gasteiger partial charge in [0.1, 0.15) is 0 Å². The summed E-state index contributed by atoms with van der Waals surface area (Å²) >= 11 is 0. The van der Waals surface area contributed by atoms with Crippen LogP contribution < -0.4 is 0 Å². The first-order valence-corrected chi connectivity index (χ1v) is 5.10. The molecule has 0 aliphatic heterocycles. The molecular formula is C11H20O4Ti. The molecule has 0 saturated heterocycles. The standard InChI is InChI=1S/C11H20O4.Ti/c1-7(2)14-11(9(5)12,10(6)13)15-8(3)4;/h7-8H,1-6H3;. The first kappa shape index (κ1) is 18.3. The van der Waals surface area contributed by atoms with Gasteiger partial charge in [-0.15, -0.1) is 0 Å². The second-order valence-electron chi connectivity index (χ2n) is 4.06. The topological polar surface area (TPSA) is 52.6 Å². The van der Waals surface area contributed by atoms with E-state index in [4.69, 9.17) is 9.47 Å². The monoisotopic (exact) mass is 264 g/mol. The Morgan fingerprint density at radius 3 is 1.25 bits per heavy atom. The molecule has 0 aromatic carbocycles. The SMILES string of the molecule is CC(=O)C(OC(C)C)(OC(C)C)C(C)=O.[Ti]. The maximum absolute atomic E-state index is 11.5. The quantitative estimate of drug-likeness (QED) is 0.416. The third kappa shape index (κ3) is 4.87. The van der Waals surface area contributed by atoms with Crippen molar-refractivity contribution >= 4 is 11.6 Å². The predicted octanol–water partition coefficient (Wildman–Crippen LogP) is 1.71. The number of hydrogen-bond donors (Lipinski definition) is 0. The van der Waals surface area contributed by atoms with Crippen molar-refractivity contribution in [1.29, 1.82) is 0 Å². The zero-order valence-electron chi connectivity index (χ0n) is 10.8. The van der Waals surface area contributed by atoms with Crippen LogP contribution in [0.25, 0.3) is 0 Å². The molecule has 0 unspecified atom stereocenters. The third-order valence-electron chi connectivity index (χ3n) is 1.73. The van der Waals surface area contributed by atoms with Crippen LogP contribution in [0.5, 0.6) is 0 Å². The van der Waals surface area contributed by atoms with Crippen molar-refractivity contribution in [2.24, 2.45) is 0 Å². The van der Waals surface area contributed by atoms with Gasteiger partial charge in [0.15, 0.2) is 11.6 Å². The zero-order chi connectivity index (χ0) is 12.2. The van der Waals surface area contributed by atoms with E-state index >= 15 is 0 Å². The maximum atomic E-state index is 11.5. The normalized spacial score (nSPS) is 11.5. The fourth-order valence-electron chi connectivity index (χ4n) is 1.27. The summed E-state index contributed by atoms with van der Waals surface area (Å²) in [5.41, 5.74) is 0. The van der Waals surface area contributed by atoms with Crippen LogP contribution >= 0.6 is 0 Å². The minimum atomic E-state index is -1.73. The molecule has 0 aliphatic carbocycles. The van der Waals surface area contributed by atoms with E-state index in [-0.39, 0.29) is 33.9 Å². The van der Waals surface area contributed by atoms with Gasteiger partial charge in [-0.25, -0.2) is 0 Å². The molecule has 0 aromatic heterocycles. The van der Waals surface area contributed by atoms with Gasteiger partial charge >= 0.3 is 0 Å². The first-order valence-electron chi connectivity index (χ1n) is 5.10. The summed E-state index contributed by atoms with van der Waals surface area (Å²) in [4.78, 5) is 23.0. The Kier molecular flexibility index (Phi) is 8.40. The molecule has 0 amide bonds. The van der Waals surface area contributed by atoms with Crippen molar-refractivity contribution < 1.29 is 40.8 Å². The van der Waals surface area contributed by atoms with Crippen LogP contribution in [0.1, 0.15) is 41.5 Å². The summed E-state index contributed by atoms with van der Waals surface area (Å²) in [5.74, 6) is -2.57. The number of carbonyl (C=O) groups is 2. The van der Waals surface area contributed by atoms with Gasteiger partial charge in [0, 0.05) is 35.6 Å². The Hall–Kier alpha value is -0.0257. The van der Waals surface area contributed by atoms with E-state index in [0.717, 1.165) is 0 Å². The number of hydrogen-bond acceptors (Lipinski definition) is 4. The largest absolute Gasteiger partial charge is 0.335 e. The Morgan fingerprint density at radius 1 is 0.875 bits per heavy atom. The molecule has 4 nitrogen and oxygen atoms in total. The van der Waals surface area contributed by atoms with Gasteiger partial charge in [-0.1, -0.05) is 0 Å². The van der Waals surface area contributed by atoms with E-state index in [1.54, 1.807) is 27.7 Å². The summed E-state index contributed by atoms with van der Waals surface area (Å²) in [5, 5.41) is 0. The van der Waals surface area contributed by atoms with Crippen LogP contribution in [0.4, 0.5) is 0 Å². The number of ketones is 2. The van der Waals surface area contributed by atoms with Crippen LogP contribution in [0.15, 0.2) is 0 Å². The third-order valence-corrected chi connectivity index (χ3v) is 1.73. The van der Waals surface area contributed by atoms with Gasteiger partial charge < -0.3 is 9.47 Å². The molecule has 0 aromatic rings. The first-order chi connectivity index (χ1) is 6.72. The molecule has 92 valence electrons. The number of ether oxygens (including phenoxy) is 2. The van der Waals surface area contributed by atoms with Crippen molar-refractivity contribution in [2.45, 2.75) is 59.5 Å². The zero-order valence-corrected chi connectivity index (χ0v) is 12.3. The van der Waals surface area contributed by atoms with Gasteiger partial charge in [-0.2, -0.15) is 0 Å². The molecule has 0 radical (unpaired) electrons. The number of rotatable bonds is 6. The van der Waals surface area contributed by atoms with Crippen molar-refractivity contribution in [3.8, 4) is 0 Å². The fourth-order valence-corrected chi connectivity index (χ4v) is 1.27. The smallest absolute Gasteiger partial charge is 0.290 e. The summed E-state index contributed by atoms with van der Waals surface area (Å²) in [6.45, 7) is 9.61. The summed E-state index contributed by atoms with van der Waals surface area (Å²) in [6.07, 6.45) is -0.506. The van der Waals surface area contributed by atoms with Crippen molar-refractivity contribution in [1.82, 2.24) is 0 Å². The van der Waals surface area contributed by atoms with E-state index < -0.39 is 17.4 Å². The Labute approximate surface area is 112 Å². The Morgan fingerprint density at radius 2 is 1.12 bits per heavy atom. The number of Topliss-reactive ketones (excluding diaryl/α,β-unsaturated/α-hetero) is 2. The van der Waals surface area contributed by atoms with Crippen LogP contribution in [-0.4, -0.2) is 29.6 Å². The van der Waals surface area contributed by atoms with Gasteiger partial charge in [0.05, 0.1) is 12.2 Å². The Bertz CT molecular complexity index is 222.